The number of hydrogen-bond donors (Lipinski definition) is 1. The SMILES string of the molecule is CC1CCCC(CN)N1C1CCN(C)C1. The lowest BCUT2D eigenvalue weighted by Gasteiger charge is -2.44. The first-order chi connectivity index (χ1) is 7.22. The van der Waals surface area contributed by atoms with Crippen molar-refractivity contribution in [1.29, 1.82) is 0 Å². The van der Waals surface area contributed by atoms with E-state index in [9.17, 15) is 0 Å². The third-order valence-electron chi connectivity index (χ3n) is 4.15. The van der Waals surface area contributed by atoms with E-state index in [4.69, 9.17) is 5.73 Å². The third-order valence-corrected chi connectivity index (χ3v) is 4.15. The van der Waals surface area contributed by atoms with Gasteiger partial charge in [0.05, 0.1) is 0 Å². The molecule has 2 aliphatic heterocycles. The van der Waals surface area contributed by atoms with Gasteiger partial charge in [-0.25, -0.2) is 0 Å². The molecule has 0 aromatic rings. The van der Waals surface area contributed by atoms with Gasteiger partial charge in [0.1, 0.15) is 0 Å². The zero-order valence-electron chi connectivity index (χ0n) is 10.2. The van der Waals surface area contributed by atoms with Crippen LogP contribution in [0.4, 0.5) is 0 Å². The summed E-state index contributed by atoms with van der Waals surface area (Å²) in [7, 11) is 2.23. The minimum Gasteiger partial charge on any atom is -0.329 e. The van der Waals surface area contributed by atoms with Gasteiger partial charge in [-0.15, -0.1) is 0 Å². The molecule has 3 unspecified atom stereocenters. The van der Waals surface area contributed by atoms with Crippen LogP contribution in [0.15, 0.2) is 0 Å². The van der Waals surface area contributed by atoms with Crippen molar-refractivity contribution in [2.75, 3.05) is 26.7 Å². The third kappa shape index (κ3) is 2.35. The van der Waals surface area contributed by atoms with Gasteiger partial charge in [0, 0.05) is 31.2 Å². The fourth-order valence-electron chi connectivity index (χ4n) is 3.36. The maximum atomic E-state index is 5.90. The number of likely N-dealkylation sites (N-methyl/N-ethyl adjacent to an activating group) is 1. The smallest absolute Gasteiger partial charge is 0.0241 e. The predicted octanol–water partition coefficient (Wildman–Crippen LogP) is 0.892. The van der Waals surface area contributed by atoms with Crippen LogP contribution in [-0.2, 0) is 0 Å². The van der Waals surface area contributed by atoms with Gasteiger partial charge in [-0.2, -0.15) is 0 Å². The Morgan fingerprint density at radius 3 is 2.67 bits per heavy atom. The predicted molar refractivity (Wildman–Crippen MR) is 63.9 cm³/mol. The Morgan fingerprint density at radius 2 is 2.07 bits per heavy atom. The molecule has 15 heavy (non-hydrogen) atoms. The van der Waals surface area contributed by atoms with Crippen molar-refractivity contribution in [3.63, 3.8) is 0 Å². The van der Waals surface area contributed by atoms with Crippen LogP contribution in [0.25, 0.3) is 0 Å². The Hall–Kier alpha value is -0.120. The second kappa shape index (κ2) is 4.81. The molecule has 0 amide bonds. The molecular weight excluding hydrogens is 186 g/mol. The molecule has 0 aromatic heterocycles. The van der Waals surface area contributed by atoms with Crippen LogP contribution in [0.5, 0.6) is 0 Å². The first-order valence-electron chi connectivity index (χ1n) is 6.38. The second-order valence-corrected chi connectivity index (χ2v) is 5.32. The summed E-state index contributed by atoms with van der Waals surface area (Å²) >= 11 is 0. The van der Waals surface area contributed by atoms with Gasteiger partial charge in [0.15, 0.2) is 0 Å². The molecular formula is C12H25N3. The minimum absolute atomic E-state index is 0.644. The average Bonchev–Trinajstić information content (AvgIpc) is 2.64. The van der Waals surface area contributed by atoms with Crippen LogP contribution in [-0.4, -0.2) is 54.6 Å². The van der Waals surface area contributed by atoms with Crippen LogP contribution in [0, 0.1) is 0 Å². The zero-order valence-corrected chi connectivity index (χ0v) is 10.2. The molecule has 3 atom stereocenters. The van der Waals surface area contributed by atoms with Crippen molar-refractivity contribution < 1.29 is 0 Å². The van der Waals surface area contributed by atoms with Crippen LogP contribution in [0.3, 0.4) is 0 Å². The van der Waals surface area contributed by atoms with Crippen molar-refractivity contribution in [2.24, 2.45) is 5.73 Å². The standard InChI is InChI=1S/C12H25N3/c1-10-4-3-5-11(8-13)15(10)12-6-7-14(2)9-12/h10-12H,3-9,13H2,1-2H3. The molecule has 0 aromatic carbocycles. The van der Waals surface area contributed by atoms with Crippen LogP contribution in [0.2, 0.25) is 0 Å². The molecule has 88 valence electrons. The Bertz CT molecular complexity index is 207. The van der Waals surface area contributed by atoms with Gasteiger partial charge in [-0.05, 0) is 39.8 Å². The molecule has 0 bridgehead atoms. The number of likely N-dealkylation sites (tertiary alicyclic amines) is 2. The largest absolute Gasteiger partial charge is 0.329 e. The summed E-state index contributed by atoms with van der Waals surface area (Å²) in [5.74, 6) is 0. The highest BCUT2D eigenvalue weighted by molar-refractivity contribution is 4.91. The fraction of sp³-hybridized carbons (Fsp3) is 1.00. The second-order valence-electron chi connectivity index (χ2n) is 5.32. The molecule has 2 heterocycles. The highest BCUT2D eigenvalue weighted by atomic mass is 15.3. The van der Waals surface area contributed by atoms with E-state index >= 15 is 0 Å². The van der Waals surface area contributed by atoms with Crippen LogP contribution >= 0.6 is 0 Å². The molecule has 2 fully saturated rings. The summed E-state index contributed by atoms with van der Waals surface area (Å²) in [5, 5.41) is 0. The Labute approximate surface area is 93.6 Å². The summed E-state index contributed by atoms with van der Waals surface area (Å²) in [6.45, 7) is 5.71. The first-order valence-corrected chi connectivity index (χ1v) is 6.38. The molecule has 2 N–H and O–H groups in total. The van der Waals surface area contributed by atoms with Gasteiger partial charge in [0.2, 0.25) is 0 Å². The van der Waals surface area contributed by atoms with Gasteiger partial charge in [0.25, 0.3) is 0 Å². The molecule has 2 saturated heterocycles. The lowest BCUT2D eigenvalue weighted by molar-refractivity contribution is 0.0542. The highest BCUT2D eigenvalue weighted by Gasteiger charge is 2.35. The van der Waals surface area contributed by atoms with Gasteiger partial charge >= 0.3 is 0 Å². The van der Waals surface area contributed by atoms with Crippen molar-refractivity contribution in [2.45, 2.75) is 50.7 Å². The van der Waals surface area contributed by atoms with E-state index in [1.807, 2.05) is 0 Å². The monoisotopic (exact) mass is 211 g/mol. The van der Waals surface area contributed by atoms with Gasteiger partial charge in [-0.3, -0.25) is 4.90 Å². The summed E-state index contributed by atoms with van der Waals surface area (Å²) in [4.78, 5) is 5.16. The number of nitrogens with two attached hydrogens (primary N) is 1. The van der Waals surface area contributed by atoms with Crippen LogP contribution in [0.1, 0.15) is 32.6 Å². The maximum Gasteiger partial charge on any atom is 0.0241 e. The Morgan fingerprint density at radius 1 is 1.27 bits per heavy atom. The molecule has 0 radical (unpaired) electrons. The summed E-state index contributed by atoms with van der Waals surface area (Å²) in [6.07, 6.45) is 5.36. The Balaban J connectivity index is 2.02. The Kier molecular flexibility index (Phi) is 3.65. The summed E-state index contributed by atoms with van der Waals surface area (Å²) < 4.78 is 0. The molecule has 2 rings (SSSR count). The number of hydrogen-bond acceptors (Lipinski definition) is 3. The topological polar surface area (TPSA) is 32.5 Å². The first kappa shape index (κ1) is 11.4. The lowest BCUT2D eigenvalue weighted by Crippen LogP contribution is -2.54. The number of nitrogens with zero attached hydrogens (tertiary/aromatic N) is 2. The quantitative estimate of drug-likeness (QED) is 0.736. The minimum atomic E-state index is 0.644. The lowest BCUT2D eigenvalue weighted by atomic mass is 9.94. The van der Waals surface area contributed by atoms with E-state index in [0.717, 1.165) is 18.6 Å². The van der Waals surface area contributed by atoms with E-state index in [-0.39, 0.29) is 0 Å². The molecule has 3 nitrogen and oxygen atoms in total. The molecule has 3 heteroatoms. The van der Waals surface area contributed by atoms with Crippen LogP contribution < -0.4 is 5.73 Å². The number of rotatable bonds is 2. The molecule has 2 aliphatic rings. The average molecular weight is 211 g/mol. The van der Waals surface area contributed by atoms with Gasteiger partial charge < -0.3 is 10.6 Å². The molecule has 0 saturated carbocycles. The molecule has 0 spiro atoms. The molecule has 0 aliphatic carbocycles. The van der Waals surface area contributed by atoms with E-state index in [1.165, 1.54) is 38.8 Å². The van der Waals surface area contributed by atoms with E-state index < -0.39 is 0 Å². The van der Waals surface area contributed by atoms with Crippen molar-refractivity contribution in [3.8, 4) is 0 Å². The van der Waals surface area contributed by atoms with Crippen molar-refractivity contribution in [1.82, 2.24) is 9.80 Å². The van der Waals surface area contributed by atoms with E-state index in [2.05, 4.69) is 23.8 Å². The van der Waals surface area contributed by atoms with E-state index in [0.29, 0.717) is 6.04 Å². The van der Waals surface area contributed by atoms with Gasteiger partial charge in [-0.1, -0.05) is 6.42 Å². The normalized spacial score (nSPS) is 39.8. The summed E-state index contributed by atoms with van der Waals surface area (Å²) in [5.41, 5.74) is 5.90. The van der Waals surface area contributed by atoms with Crippen molar-refractivity contribution in [3.05, 3.63) is 0 Å². The summed E-state index contributed by atoms with van der Waals surface area (Å²) in [6, 6.07) is 2.15. The van der Waals surface area contributed by atoms with Crippen molar-refractivity contribution >= 4 is 0 Å². The number of piperidine rings is 1. The zero-order chi connectivity index (χ0) is 10.8. The highest BCUT2D eigenvalue weighted by Crippen LogP contribution is 2.28. The van der Waals surface area contributed by atoms with E-state index in [1.54, 1.807) is 0 Å². The maximum absolute atomic E-state index is 5.90. The fourth-order valence-corrected chi connectivity index (χ4v) is 3.36.